The average molecular weight is 270 g/mol. The second-order valence-corrected chi connectivity index (χ2v) is 5.86. The number of carbonyl (C=O) groups is 1. The highest BCUT2D eigenvalue weighted by Crippen LogP contribution is 2.26. The molecule has 0 unspecified atom stereocenters. The van der Waals surface area contributed by atoms with Crippen molar-refractivity contribution in [3.05, 3.63) is 52.1 Å². The maximum absolute atomic E-state index is 12.5. The molecule has 4 heteroatoms. The van der Waals surface area contributed by atoms with E-state index in [4.69, 9.17) is 0 Å². The van der Waals surface area contributed by atoms with E-state index in [0.717, 1.165) is 15.8 Å². The normalized spacial score (nSPS) is 11.3. The van der Waals surface area contributed by atoms with Crippen LogP contribution in [0.25, 0.3) is 10.9 Å². The van der Waals surface area contributed by atoms with Crippen LogP contribution < -0.4 is 0 Å². The smallest absolute Gasteiger partial charge is 0.223 e. The van der Waals surface area contributed by atoms with Crippen LogP contribution >= 0.6 is 11.3 Å². The van der Waals surface area contributed by atoms with Gasteiger partial charge in [-0.15, -0.1) is 11.3 Å². The SMILES string of the molecule is CC(C)c1cnc(C(=O)c2c[nH]c3ccccc23)s1. The number of hydrogen-bond donors (Lipinski definition) is 1. The van der Waals surface area contributed by atoms with Gasteiger partial charge in [-0.05, 0) is 12.0 Å². The molecular formula is C15H14N2OS. The fraction of sp³-hybridized carbons (Fsp3) is 0.200. The molecule has 96 valence electrons. The van der Waals surface area contributed by atoms with Crippen molar-refractivity contribution in [2.45, 2.75) is 19.8 Å². The van der Waals surface area contributed by atoms with Crippen LogP contribution in [-0.2, 0) is 0 Å². The summed E-state index contributed by atoms with van der Waals surface area (Å²) in [4.78, 5) is 21.0. The zero-order valence-corrected chi connectivity index (χ0v) is 11.6. The second-order valence-electron chi connectivity index (χ2n) is 4.80. The number of aromatic amines is 1. The van der Waals surface area contributed by atoms with E-state index in [-0.39, 0.29) is 5.78 Å². The number of fused-ring (bicyclic) bond motifs is 1. The molecule has 0 atom stereocenters. The Kier molecular flexibility index (Phi) is 2.95. The number of H-pyrrole nitrogens is 1. The molecule has 0 saturated heterocycles. The number of nitrogens with zero attached hydrogens (tertiary/aromatic N) is 1. The molecule has 1 N–H and O–H groups in total. The van der Waals surface area contributed by atoms with Gasteiger partial charge in [-0.3, -0.25) is 4.79 Å². The number of benzene rings is 1. The van der Waals surface area contributed by atoms with Crippen molar-refractivity contribution < 1.29 is 4.79 Å². The van der Waals surface area contributed by atoms with E-state index in [9.17, 15) is 4.79 Å². The van der Waals surface area contributed by atoms with Crippen molar-refractivity contribution in [1.29, 1.82) is 0 Å². The number of hydrogen-bond acceptors (Lipinski definition) is 3. The van der Waals surface area contributed by atoms with Gasteiger partial charge >= 0.3 is 0 Å². The average Bonchev–Trinajstić information content (AvgIpc) is 3.05. The number of rotatable bonds is 3. The van der Waals surface area contributed by atoms with Crippen molar-refractivity contribution in [1.82, 2.24) is 9.97 Å². The fourth-order valence-corrected chi connectivity index (χ4v) is 2.91. The fourth-order valence-electron chi connectivity index (χ4n) is 2.03. The monoisotopic (exact) mass is 270 g/mol. The predicted molar refractivity (Wildman–Crippen MR) is 77.9 cm³/mol. The highest BCUT2D eigenvalue weighted by Gasteiger charge is 2.18. The van der Waals surface area contributed by atoms with Gasteiger partial charge in [0.25, 0.3) is 0 Å². The quantitative estimate of drug-likeness (QED) is 0.732. The number of ketones is 1. The van der Waals surface area contributed by atoms with Crippen LogP contribution in [0.2, 0.25) is 0 Å². The molecule has 3 nitrogen and oxygen atoms in total. The van der Waals surface area contributed by atoms with Crippen LogP contribution in [0, 0.1) is 0 Å². The summed E-state index contributed by atoms with van der Waals surface area (Å²) in [5.41, 5.74) is 1.67. The molecule has 0 aliphatic rings. The number of para-hydroxylation sites is 1. The Labute approximate surface area is 115 Å². The molecule has 0 aliphatic carbocycles. The minimum absolute atomic E-state index is 0.00523. The molecule has 2 aromatic heterocycles. The van der Waals surface area contributed by atoms with Crippen molar-refractivity contribution in [2.75, 3.05) is 0 Å². The van der Waals surface area contributed by atoms with E-state index < -0.39 is 0 Å². The minimum Gasteiger partial charge on any atom is -0.360 e. The van der Waals surface area contributed by atoms with Crippen LogP contribution in [-0.4, -0.2) is 15.8 Å². The van der Waals surface area contributed by atoms with E-state index >= 15 is 0 Å². The number of aromatic nitrogens is 2. The molecule has 0 radical (unpaired) electrons. The van der Waals surface area contributed by atoms with E-state index in [1.165, 1.54) is 11.3 Å². The molecule has 0 fully saturated rings. The molecule has 19 heavy (non-hydrogen) atoms. The van der Waals surface area contributed by atoms with Gasteiger partial charge in [-0.1, -0.05) is 32.0 Å². The van der Waals surface area contributed by atoms with Crippen molar-refractivity contribution in [3.63, 3.8) is 0 Å². The first kappa shape index (κ1) is 12.1. The maximum Gasteiger partial charge on any atom is 0.223 e. The zero-order chi connectivity index (χ0) is 13.4. The lowest BCUT2D eigenvalue weighted by molar-refractivity contribution is 0.104. The lowest BCUT2D eigenvalue weighted by Crippen LogP contribution is -1.98. The molecular weight excluding hydrogens is 256 g/mol. The van der Waals surface area contributed by atoms with Crippen molar-refractivity contribution in [2.24, 2.45) is 0 Å². The topological polar surface area (TPSA) is 45.8 Å². The molecule has 1 aromatic carbocycles. The molecule has 3 aromatic rings. The first-order valence-electron chi connectivity index (χ1n) is 6.23. The van der Waals surface area contributed by atoms with Crippen LogP contribution in [0.15, 0.2) is 36.7 Å². The van der Waals surface area contributed by atoms with Crippen LogP contribution in [0.1, 0.15) is 40.0 Å². The van der Waals surface area contributed by atoms with Gasteiger partial charge in [-0.2, -0.15) is 0 Å². The van der Waals surface area contributed by atoms with Gasteiger partial charge in [0.05, 0.1) is 5.56 Å². The summed E-state index contributed by atoms with van der Waals surface area (Å²) in [5.74, 6) is 0.399. The van der Waals surface area contributed by atoms with E-state index in [1.807, 2.05) is 24.3 Å². The minimum atomic E-state index is -0.00523. The molecule has 2 heterocycles. The first-order chi connectivity index (χ1) is 9.16. The molecule has 0 amide bonds. The lowest BCUT2D eigenvalue weighted by Gasteiger charge is -1.97. The Morgan fingerprint density at radius 2 is 2.11 bits per heavy atom. The number of thiazole rings is 1. The summed E-state index contributed by atoms with van der Waals surface area (Å²) in [6.45, 7) is 4.21. The largest absolute Gasteiger partial charge is 0.360 e. The Morgan fingerprint density at radius 1 is 1.32 bits per heavy atom. The van der Waals surface area contributed by atoms with E-state index in [2.05, 4.69) is 23.8 Å². The van der Waals surface area contributed by atoms with Crippen LogP contribution in [0.5, 0.6) is 0 Å². The Bertz CT molecular complexity index is 739. The summed E-state index contributed by atoms with van der Waals surface area (Å²) < 4.78 is 0. The summed E-state index contributed by atoms with van der Waals surface area (Å²) in [6.07, 6.45) is 3.57. The van der Waals surface area contributed by atoms with Gasteiger partial charge in [0.15, 0.2) is 5.01 Å². The predicted octanol–water partition coefficient (Wildman–Crippen LogP) is 3.98. The van der Waals surface area contributed by atoms with Crippen LogP contribution in [0.3, 0.4) is 0 Å². The van der Waals surface area contributed by atoms with Gasteiger partial charge < -0.3 is 4.98 Å². The Balaban J connectivity index is 2.03. The molecule has 0 saturated carbocycles. The third-order valence-corrected chi connectivity index (χ3v) is 4.42. The summed E-state index contributed by atoms with van der Waals surface area (Å²) in [6, 6.07) is 7.81. The summed E-state index contributed by atoms with van der Waals surface area (Å²) in [7, 11) is 0. The highest BCUT2D eigenvalue weighted by atomic mass is 32.1. The third kappa shape index (κ3) is 2.08. The summed E-state index contributed by atoms with van der Waals surface area (Å²) >= 11 is 1.48. The second kappa shape index (κ2) is 4.63. The molecule has 0 spiro atoms. The molecule has 0 aliphatic heterocycles. The Hall–Kier alpha value is -1.94. The summed E-state index contributed by atoms with van der Waals surface area (Å²) in [5, 5.41) is 1.52. The third-order valence-electron chi connectivity index (χ3n) is 3.12. The number of nitrogens with one attached hydrogen (secondary N) is 1. The van der Waals surface area contributed by atoms with Gasteiger partial charge in [-0.25, -0.2) is 4.98 Å². The van der Waals surface area contributed by atoms with E-state index in [0.29, 0.717) is 16.5 Å². The highest BCUT2D eigenvalue weighted by molar-refractivity contribution is 7.13. The first-order valence-corrected chi connectivity index (χ1v) is 7.05. The maximum atomic E-state index is 12.5. The van der Waals surface area contributed by atoms with Crippen LogP contribution in [0.4, 0.5) is 0 Å². The van der Waals surface area contributed by atoms with Gasteiger partial charge in [0, 0.05) is 28.2 Å². The van der Waals surface area contributed by atoms with Crippen molar-refractivity contribution >= 4 is 28.0 Å². The molecule has 0 bridgehead atoms. The Morgan fingerprint density at radius 3 is 2.84 bits per heavy atom. The van der Waals surface area contributed by atoms with Gasteiger partial charge in [0.2, 0.25) is 5.78 Å². The number of carbonyl (C=O) groups excluding carboxylic acids is 1. The standard InChI is InChI=1S/C15H14N2OS/c1-9(2)13-8-17-15(19-13)14(18)11-7-16-12-6-4-3-5-10(11)12/h3-9,16H,1-2H3. The van der Waals surface area contributed by atoms with E-state index in [1.54, 1.807) is 12.4 Å². The zero-order valence-electron chi connectivity index (χ0n) is 10.8. The van der Waals surface area contributed by atoms with Crippen molar-refractivity contribution in [3.8, 4) is 0 Å². The van der Waals surface area contributed by atoms with Gasteiger partial charge in [0.1, 0.15) is 0 Å². The lowest BCUT2D eigenvalue weighted by atomic mass is 10.1. The molecule has 3 rings (SSSR count).